The summed E-state index contributed by atoms with van der Waals surface area (Å²) in [5.74, 6) is 0.127. The lowest BCUT2D eigenvalue weighted by Crippen LogP contribution is -2.06. The van der Waals surface area contributed by atoms with E-state index < -0.39 is 0 Å². The molecule has 3 rings (SSSR count). The van der Waals surface area contributed by atoms with Gasteiger partial charge in [-0.3, -0.25) is 4.79 Å². The van der Waals surface area contributed by atoms with Crippen LogP contribution in [-0.4, -0.2) is 5.78 Å². The third kappa shape index (κ3) is 2.29. The predicted molar refractivity (Wildman–Crippen MR) is 83.3 cm³/mol. The lowest BCUT2D eigenvalue weighted by Gasteiger charge is -2.22. The van der Waals surface area contributed by atoms with Crippen LogP contribution in [0.3, 0.4) is 0 Å². The van der Waals surface area contributed by atoms with E-state index in [1.807, 2.05) is 12.1 Å². The van der Waals surface area contributed by atoms with Gasteiger partial charge in [-0.2, -0.15) is 0 Å². The van der Waals surface area contributed by atoms with Crippen molar-refractivity contribution in [2.45, 2.75) is 39.5 Å². The standard InChI is InChI=1S/C19H20O/c1-13-7-12-18(19-6-4-3-5-17(13)19)16-10-8-15(9-11-16)14(2)20/h7-12H,3-6H2,1-2H3. The average Bonchev–Trinajstić information content (AvgIpc) is 2.48. The highest BCUT2D eigenvalue weighted by molar-refractivity contribution is 5.94. The van der Waals surface area contributed by atoms with Crippen LogP contribution in [0.15, 0.2) is 36.4 Å². The van der Waals surface area contributed by atoms with E-state index in [-0.39, 0.29) is 5.78 Å². The molecule has 1 aliphatic rings. The van der Waals surface area contributed by atoms with Crippen molar-refractivity contribution in [2.75, 3.05) is 0 Å². The maximum absolute atomic E-state index is 11.4. The molecule has 0 saturated carbocycles. The van der Waals surface area contributed by atoms with Gasteiger partial charge in [-0.25, -0.2) is 0 Å². The van der Waals surface area contributed by atoms with Crippen molar-refractivity contribution >= 4 is 5.78 Å². The van der Waals surface area contributed by atoms with E-state index >= 15 is 0 Å². The van der Waals surface area contributed by atoms with E-state index in [9.17, 15) is 4.79 Å². The molecule has 0 fully saturated rings. The van der Waals surface area contributed by atoms with Crippen molar-refractivity contribution in [3.05, 3.63) is 58.7 Å². The number of aryl methyl sites for hydroxylation is 1. The van der Waals surface area contributed by atoms with Gasteiger partial charge in [0.25, 0.3) is 0 Å². The molecule has 0 amide bonds. The summed E-state index contributed by atoms with van der Waals surface area (Å²) >= 11 is 0. The molecule has 0 atom stereocenters. The fraction of sp³-hybridized carbons (Fsp3) is 0.316. The summed E-state index contributed by atoms with van der Waals surface area (Å²) in [6.07, 6.45) is 4.98. The SMILES string of the molecule is CC(=O)c1ccc(-c2ccc(C)c3c2CCCC3)cc1. The first-order chi connectivity index (χ1) is 9.66. The molecule has 2 aromatic carbocycles. The van der Waals surface area contributed by atoms with Crippen LogP contribution in [0.2, 0.25) is 0 Å². The molecule has 0 spiro atoms. The number of hydrogen-bond acceptors (Lipinski definition) is 1. The monoisotopic (exact) mass is 264 g/mol. The zero-order valence-electron chi connectivity index (χ0n) is 12.2. The van der Waals surface area contributed by atoms with Gasteiger partial charge in [0, 0.05) is 5.56 Å². The minimum Gasteiger partial charge on any atom is -0.295 e. The lowest BCUT2D eigenvalue weighted by atomic mass is 9.83. The van der Waals surface area contributed by atoms with Crippen molar-refractivity contribution in [2.24, 2.45) is 0 Å². The Balaban J connectivity index is 2.08. The highest BCUT2D eigenvalue weighted by Crippen LogP contribution is 2.33. The summed E-state index contributed by atoms with van der Waals surface area (Å²) in [7, 11) is 0. The minimum atomic E-state index is 0.127. The van der Waals surface area contributed by atoms with Crippen LogP contribution in [0.4, 0.5) is 0 Å². The molecule has 1 nitrogen and oxygen atoms in total. The van der Waals surface area contributed by atoms with Gasteiger partial charge >= 0.3 is 0 Å². The van der Waals surface area contributed by atoms with Crippen molar-refractivity contribution in [1.29, 1.82) is 0 Å². The van der Waals surface area contributed by atoms with Gasteiger partial charge in [0.05, 0.1) is 0 Å². The van der Waals surface area contributed by atoms with Crippen molar-refractivity contribution < 1.29 is 4.79 Å². The molecule has 0 unspecified atom stereocenters. The minimum absolute atomic E-state index is 0.127. The molecule has 0 aromatic heterocycles. The molecule has 0 heterocycles. The Kier molecular flexibility index (Phi) is 3.43. The van der Waals surface area contributed by atoms with Crippen molar-refractivity contribution in [3.8, 4) is 11.1 Å². The van der Waals surface area contributed by atoms with Crippen LogP contribution in [0.5, 0.6) is 0 Å². The van der Waals surface area contributed by atoms with Gasteiger partial charge in [0.1, 0.15) is 0 Å². The largest absolute Gasteiger partial charge is 0.295 e. The second-order valence-corrected chi connectivity index (χ2v) is 5.73. The number of benzene rings is 2. The number of hydrogen-bond donors (Lipinski definition) is 0. The van der Waals surface area contributed by atoms with Crippen LogP contribution in [0.1, 0.15) is 46.8 Å². The van der Waals surface area contributed by atoms with Crippen LogP contribution in [0, 0.1) is 6.92 Å². The summed E-state index contributed by atoms with van der Waals surface area (Å²) in [6, 6.07) is 12.5. The number of ketones is 1. The normalized spacial score (nSPS) is 13.9. The van der Waals surface area contributed by atoms with E-state index in [1.54, 1.807) is 12.5 Å². The predicted octanol–water partition coefficient (Wildman–Crippen LogP) is 4.74. The molecule has 102 valence electrons. The number of carbonyl (C=O) groups excluding carboxylic acids is 1. The molecule has 0 bridgehead atoms. The first-order valence-corrected chi connectivity index (χ1v) is 7.39. The zero-order valence-corrected chi connectivity index (χ0v) is 12.2. The second-order valence-electron chi connectivity index (χ2n) is 5.73. The Labute approximate surface area is 120 Å². The summed E-state index contributed by atoms with van der Waals surface area (Å²) in [6.45, 7) is 3.83. The smallest absolute Gasteiger partial charge is 0.159 e. The number of Topliss-reactive ketones (excluding diaryl/α,β-unsaturated/α-hetero) is 1. The average molecular weight is 264 g/mol. The summed E-state index contributed by atoms with van der Waals surface area (Å²) in [4.78, 5) is 11.4. The molecule has 0 radical (unpaired) electrons. The molecule has 1 aliphatic carbocycles. The molecule has 0 N–H and O–H groups in total. The van der Waals surface area contributed by atoms with E-state index in [0.717, 1.165) is 5.56 Å². The van der Waals surface area contributed by atoms with Crippen LogP contribution >= 0.6 is 0 Å². The highest BCUT2D eigenvalue weighted by Gasteiger charge is 2.16. The second kappa shape index (κ2) is 5.24. The summed E-state index contributed by atoms with van der Waals surface area (Å²) in [5, 5.41) is 0. The van der Waals surface area contributed by atoms with Gasteiger partial charge in [-0.05, 0) is 67.3 Å². The van der Waals surface area contributed by atoms with E-state index in [0.29, 0.717) is 0 Å². The van der Waals surface area contributed by atoms with Crippen LogP contribution in [0.25, 0.3) is 11.1 Å². The first-order valence-electron chi connectivity index (χ1n) is 7.39. The molecule has 1 heteroatoms. The van der Waals surface area contributed by atoms with E-state index in [4.69, 9.17) is 0 Å². The van der Waals surface area contributed by atoms with Crippen molar-refractivity contribution in [1.82, 2.24) is 0 Å². The third-order valence-electron chi connectivity index (χ3n) is 4.37. The molecular formula is C19H20O. The topological polar surface area (TPSA) is 17.1 Å². The van der Waals surface area contributed by atoms with Gasteiger partial charge in [-0.1, -0.05) is 36.4 Å². The van der Waals surface area contributed by atoms with Crippen LogP contribution < -0.4 is 0 Å². The van der Waals surface area contributed by atoms with E-state index in [1.165, 1.54) is 47.9 Å². The maximum atomic E-state index is 11.4. The quantitative estimate of drug-likeness (QED) is 0.716. The Morgan fingerprint density at radius 3 is 2.20 bits per heavy atom. The molecule has 0 aliphatic heterocycles. The first kappa shape index (κ1) is 13.1. The maximum Gasteiger partial charge on any atom is 0.159 e. The lowest BCUT2D eigenvalue weighted by molar-refractivity contribution is 0.101. The van der Waals surface area contributed by atoms with Gasteiger partial charge in [0.2, 0.25) is 0 Å². The number of carbonyl (C=O) groups is 1. The highest BCUT2D eigenvalue weighted by atomic mass is 16.1. The van der Waals surface area contributed by atoms with Gasteiger partial charge < -0.3 is 0 Å². The molecule has 0 saturated heterocycles. The number of rotatable bonds is 2. The Bertz CT molecular complexity index is 650. The fourth-order valence-electron chi connectivity index (χ4n) is 3.20. The van der Waals surface area contributed by atoms with Crippen LogP contribution in [-0.2, 0) is 12.8 Å². The third-order valence-corrected chi connectivity index (χ3v) is 4.37. The Morgan fingerprint density at radius 2 is 1.55 bits per heavy atom. The van der Waals surface area contributed by atoms with Crippen molar-refractivity contribution in [3.63, 3.8) is 0 Å². The summed E-state index contributed by atoms with van der Waals surface area (Å²) in [5.41, 5.74) is 7.85. The Hall–Kier alpha value is -1.89. The molecule has 2 aromatic rings. The zero-order chi connectivity index (χ0) is 14.1. The Morgan fingerprint density at radius 1 is 0.900 bits per heavy atom. The van der Waals surface area contributed by atoms with E-state index in [2.05, 4.69) is 31.2 Å². The molecular weight excluding hydrogens is 244 g/mol. The van der Waals surface area contributed by atoms with Gasteiger partial charge in [-0.15, -0.1) is 0 Å². The van der Waals surface area contributed by atoms with Gasteiger partial charge in [0.15, 0.2) is 5.78 Å². The fourth-order valence-corrected chi connectivity index (χ4v) is 3.20. The summed E-state index contributed by atoms with van der Waals surface area (Å²) < 4.78 is 0. The molecule has 20 heavy (non-hydrogen) atoms. The number of fused-ring (bicyclic) bond motifs is 1.